The van der Waals surface area contributed by atoms with Gasteiger partial charge in [0.2, 0.25) is 0 Å². The molecular weight excluding hydrogens is 843 g/mol. The summed E-state index contributed by atoms with van der Waals surface area (Å²) >= 11 is 0. The number of nitrogens with one attached hydrogen (secondary N) is 1. The first-order valence-electron chi connectivity index (χ1n) is 24.1. The summed E-state index contributed by atoms with van der Waals surface area (Å²) in [5, 5.41) is 20.5. The normalized spacial score (nSPS) is 16.6. The van der Waals surface area contributed by atoms with E-state index >= 15 is 0 Å². The number of para-hydroxylation sites is 1. The summed E-state index contributed by atoms with van der Waals surface area (Å²) < 4.78 is 16.3. The number of benzene rings is 11. The number of hydrogen-bond donors (Lipinski definition) is 1. The Bertz CT molecular complexity index is 4400. The van der Waals surface area contributed by atoms with Crippen molar-refractivity contribution in [1.82, 2.24) is 9.88 Å². The van der Waals surface area contributed by atoms with E-state index in [0.717, 1.165) is 89.4 Å². The fourth-order valence-corrected chi connectivity index (χ4v) is 11.9. The van der Waals surface area contributed by atoms with Crippen molar-refractivity contribution in [2.45, 2.75) is 25.4 Å². The van der Waals surface area contributed by atoms with Gasteiger partial charge >= 0.3 is 0 Å². The molecule has 1 aliphatic rings. The largest absolute Gasteiger partial charge is 0.456 e. The molecule has 0 fully saturated rings. The highest BCUT2D eigenvalue weighted by Crippen LogP contribution is 2.47. The minimum absolute atomic E-state index is 0.0930. The Morgan fingerprint density at radius 1 is 0.435 bits per heavy atom. The van der Waals surface area contributed by atoms with Gasteiger partial charge in [0, 0.05) is 38.2 Å². The van der Waals surface area contributed by atoms with Crippen LogP contribution in [0.1, 0.15) is 42.1 Å². The lowest BCUT2D eigenvalue weighted by Crippen LogP contribution is -2.41. The quantitative estimate of drug-likeness (QED) is 0.187. The molecule has 326 valence electrons. The van der Waals surface area contributed by atoms with E-state index in [1.165, 1.54) is 54.0 Å². The van der Waals surface area contributed by atoms with Crippen molar-refractivity contribution in [2.24, 2.45) is 10.9 Å². The minimum atomic E-state index is -0.221. The molecule has 0 amide bonds. The van der Waals surface area contributed by atoms with Gasteiger partial charge in [-0.1, -0.05) is 146 Å². The topological polar surface area (TPSA) is 55.6 Å². The molecule has 1 N–H and O–H groups in total. The number of aliphatic imine (C=N–C) groups is 1. The van der Waals surface area contributed by atoms with Crippen LogP contribution in [0.2, 0.25) is 0 Å². The Morgan fingerprint density at radius 2 is 0.971 bits per heavy atom. The molecule has 69 heavy (non-hydrogen) atoms. The number of rotatable bonds is 5. The number of furan rings is 2. The van der Waals surface area contributed by atoms with Gasteiger partial charge in [0.15, 0.2) is 0 Å². The summed E-state index contributed by atoms with van der Waals surface area (Å²) in [5.74, 6) is 0.902. The van der Waals surface area contributed by atoms with Crippen molar-refractivity contribution in [3.63, 3.8) is 0 Å². The van der Waals surface area contributed by atoms with Gasteiger partial charge < -0.3 is 18.7 Å². The second kappa shape index (κ2) is 14.7. The maximum Gasteiger partial charge on any atom is 0.148 e. The lowest BCUT2D eigenvalue weighted by molar-refractivity contribution is 0.311. The smallest absolute Gasteiger partial charge is 0.148 e. The first kappa shape index (κ1) is 38.4. The summed E-state index contributed by atoms with van der Waals surface area (Å²) in [6.45, 7) is 2.30. The summed E-state index contributed by atoms with van der Waals surface area (Å²) in [7, 11) is 0. The Morgan fingerprint density at radius 3 is 1.65 bits per heavy atom. The molecule has 3 unspecified atom stereocenters. The monoisotopic (exact) mass is 885 g/mol. The Kier molecular flexibility index (Phi) is 8.17. The predicted octanol–water partition coefficient (Wildman–Crippen LogP) is 17.1. The number of fused-ring (bicyclic) bond motifs is 13. The highest BCUT2D eigenvalue weighted by atomic mass is 16.3. The van der Waals surface area contributed by atoms with Crippen molar-refractivity contribution in [3.05, 3.63) is 223 Å². The fraction of sp³-hybridized carbons (Fsp3) is 0.0781. The summed E-state index contributed by atoms with van der Waals surface area (Å²) in [6.07, 6.45) is 0.894. The number of amidine groups is 1. The van der Waals surface area contributed by atoms with Crippen LogP contribution in [0.5, 0.6) is 0 Å². The first-order chi connectivity index (χ1) is 34.1. The Balaban J connectivity index is 1.06. The lowest BCUT2D eigenvalue weighted by atomic mass is 9.80. The molecule has 11 aromatic carbocycles. The van der Waals surface area contributed by atoms with Gasteiger partial charge in [0.1, 0.15) is 28.2 Å². The number of nitrogens with zero attached hydrogens (tertiary/aromatic N) is 2. The standard InChI is InChI=1S/C64H43N3O2/c1-2-47-61(45-24-23-37-13-3-4-14-38(37)29-45)65-64(66-62(47)46-25-26-49-48-21-11-12-22-57(48)68-58(49)36-46)60-54(28-27-50-53-32-41-17-7-10-20-44(41)35-59(53)69-63(50)60)67-55-33-42-18-8-5-15-39(42)30-51(55)52-31-40-16-6-9-19-43(40)34-56(52)67/h3-36,47,61-62H,2H2,1H3,(H,65,66). The fourth-order valence-electron chi connectivity index (χ4n) is 11.9. The van der Waals surface area contributed by atoms with Crippen LogP contribution in [0, 0.1) is 5.92 Å². The van der Waals surface area contributed by atoms with Crippen molar-refractivity contribution < 1.29 is 8.83 Å². The highest BCUT2D eigenvalue weighted by Gasteiger charge is 2.38. The van der Waals surface area contributed by atoms with E-state index in [1.807, 2.05) is 6.07 Å². The highest BCUT2D eigenvalue weighted by molar-refractivity contribution is 6.21. The van der Waals surface area contributed by atoms with Crippen LogP contribution < -0.4 is 5.32 Å². The van der Waals surface area contributed by atoms with Crippen LogP contribution >= 0.6 is 0 Å². The number of aromatic nitrogens is 1. The molecule has 15 rings (SSSR count). The first-order valence-corrected chi connectivity index (χ1v) is 24.1. The second-order valence-electron chi connectivity index (χ2n) is 19.0. The van der Waals surface area contributed by atoms with E-state index in [-0.39, 0.29) is 18.0 Å². The van der Waals surface area contributed by atoms with Crippen LogP contribution in [0.15, 0.2) is 220 Å². The van der Waals surface area contributed by atoms with Gasteiger partial charge in [0.05, 0.1) is 34.4 Å². The third-order valence-electron chi connectivity index (χ3n) is 15.2. The molecule has 0 bridgehead atoms. The molecule has 3 atom stereocenters. The molecule has 3 aromatic heterocycles. The molecule has 0 saturated carbocycles. The van der Waals surface area contributed by atoms with E-state index < -0.39 is 0 Å². The molecule has 0 saturated heterocycles. The number of hydrogen-bond acceptors (Lipinski definition) is 4. The zero-order valence-corrected chi connectivity index (χ0v) is 37.8. The van der Waals surface area contributed by atoms with Crippen LogP contribution in [-0.2, 0) is 0 Å². The molecule has 0 radical (unpaired) electrons. The second-order valence-corrected chi connectivity index (χ2v) is 19.0. The van der Waals surface area contributed by atoms with E-state index in [1.54, 1.807) is 0 Å². The molecule has 0 aliphatic carbocycles. The average Bonchev–Trinajstić information content (AvgIpc) is 4.06. The third kappa shape index (κ3) is 5.80. The maximum absolute atomic E-state index is 7.28. The maximum atomic E-state index is 7.28. The van der Waals surface area contributed by atoms with Crippen molar-refractivity contribution in [1.29, 1.82) is 0 Å². The zero-order valence-electron chi connectivity index (χ0n) is 37.8. The van der Waals surface area contributed by atoms with E-state index in [9.17, 15) is 0 Å². The summed E-state index contributed by atoms with van der Waals surface area (Å²) in [5.41, 5.74) is 9.95. The van der Waals surface area contributed by atoms with E-state index in [4.69, 9.17) is 13.8 Å². The molecule has 1 aliphatic heterocycles. The van der Waals surface area contributed by atoms with Gasteiger partial charge in [-0.25, -0.2) is 0 Å². The molecule has 5 heteroatoms. The molecule has 0 spiro atoms. The molecular formula is C64H43N3O2. The minimum Gasteiger partial charge on any atom is -0.456 e. The predicted molar refractivity (Wildman–Crippen MR) is 287 cm³/mol. The van der Waals surface area contributed by atoms with E-state index in [2.05, 4.69) is 217 Å². The zero-order chi connectivity index (χ0) is 45.3. The van der Waals surface area contributed by atoms with Crippen molar-refractivity contribution in [3.8, 4) is 5.69 Å². The summed E-state index contributed by atoms with van der Waals surface area (Å²) in [6, 6.07) is 74.8. The van der Waals surface area contributed by atoms with Crippen LogP contribution in [0.25, 0.3) is 114 Å². The van der Waals surface area contributed by atoms with Gasteiger partial charge in [-0.3, -0.25) is 4.99 Å². The molecule has 14 aromatic rings. The SMILES string of the molecule is CCC1C(c2ccc3c(c2)oc2ccccc23)N=C(c2c(-n3c4cc5ccccc5cc4c4cc5ccccc5cc43)ccc3c2oc2cc4ccccc4cc23)NC1c1ccc2ccccc2c1. The van der Waals surface area contributed by atoms with Gasteiger partial charge in [0.25, 0.3) is 0 Å². The molecule has 4 heterocycles. The van der Waals surface area contributed by atoms with Crippen LogP contribution in [0.4, 0.5) is 0 Å². The molecule has 5 nitrogen and oxygen atoms in total. The Hall–Kier alpha value is -8.67. The van der Waals surface area contributed by atoms with Crippen LogP contribution in [-0.4, -0.2) is 10.4 Å². The average molecular weight is 886 g/mol. The van der Waals surface area contributed by atoms with Gasteiger partial charge in [-0.15, -0.1) is 0 Å². The summed E-state index contributed by atoms with van der Waals surface area (Å²) in [4.78, 5) is 5.97. The van der Waals surface area contributed by atoms with Crippen LogP contribution in [0.3, 0.4) is 0 Å². The van der Waals surface area contributed by atoms with Crippen molar-refractivity contribution >= 4 is 115 Å². The van der Waals surface area contributed by atoms with Gasteiger partial charge in [-0.2, -0.15) is 0 Å². The van der Waals surface area contributed by atoms with Crippen molar-refractivity contribution in [2.75, 3.05) is 0 Å². The Labute approximate surface area is 396 Å². The third-order valence-corrected chi connectivity index (χ3v) is 15.2. The van der Waals surface area contributed by atoms with E-state index in [0.29, 0.717) is 0 Å². The van der Waals surface area contributed by atoms with Gasteiger partial charge in [-0.05, 0) is 127 Å². The lowest BCUT2D eigenvalue weighted by Gasteiger charge is -2.38.